The van der Waals surface area contributed by atoms with Crippen LogP contribution in [-0.4, -0.2) is 71.4 Å². The Morgan fingerprint density at radius 3 is 2.65 bits per heavy atom. The van der Waals surface area contributed by atoms with Crippen LogP contribution in [-0.2, 0) is 4.79 Å². The normalized spacial score (nSPS) is 16.8. The number of carbonyl (C=O) groups is 1. The van der Waals surface area contributed by atoms with E-state index in [1.165, 1.54) is 0 Å². The molecule has 0 radical (unpaired) electrons. The number of aliphatic hydroxyl groups excluding tert-OH is 2. The smallest absolute Gasteiger partial charge is 0.238 e. The summed E-state index contributed by atoms with van der Waals surface area (Å²) in [5.41, 5.74) is 1.87. The van der Waals surface area contributed by atoms with E-state index < -0.39 is 11.6 Å². The average molecular weight is 465 g/mol. The zero-order valence-electron chi connectivity index (χ0n) is 19.4. The Labute approximate surface area is 199 Å². The quantitative estimate of drug-likeness (QED) is 0.385. The van der Waals surface area contributed by atoms with Gasteiger partial charge in [0, 0.05) is 42.4 Å². The number of anilines is 1. The number of benzene rings is 2. The molecule has 8 heteroatoms. The van der Waals surface area contributed by atoms with Gasteiger partial charge in [-0.2, -0.15) is 0 Å². The van der Waals surface area contributed by atoms with Crippen molar-refractivity contribution in [1.82, 2.24) is 15.2 Å². The highest BCUT2D eigenvalue weighted by atomic mass is 16.5. The van der Waals surface area contributed by atoms with Gasteiger partial charge in [-0.1, -0.05) is 18.2 Å². The Kier molecular flexibility index (Phi) is 7.74. The predicted octanol–water partition coefficient (Wildman–Crippen LogP) is 2.33. The zero-order chi connectivity index (χ0) is 24.0. The van der Waals surface area contributed by atoms with Crippen LogP contribution in [0.3, 0.4) is 0 Å². The van der Waals surface area contributed by atoms with Gasteiger partial charge in [0.2, 0.25) is 5.91 Å². The summed E-state index contributed by atoms with van der Waals surface area (Å²) in [4.78, 5) is 18.9. The van der Waals surface area contributed by atoms with Crippen molar-refractivity contribution in [3.8, 4) is 5.75 Å². The van der Waals surface area contributed by atoms with Gasteiger partial charge in [-0.3, -0.25) is 9.78 Å². The predicted molar refractivity (Wildman–Crippen MR) is 132 cm³/mol. The van der Waals surface area contributed by atoms with Crippen molar-refractivity contribution >= 4 is 22.5 Å². The maximum absolute atomic E-state index is 12.3. The van der Waals surface area contributed by atoms with Crippen LogP contribution >= 0.6 is 0 Å². The molecule has 0 bridgehead atoms. The Bertz CT molecular complexity index is 1100. The number of piperidine rings is 1. The van der Waals surface area contributed by atoms with Crippen LogP contribution in [0.1, 0.15) is 24.5 Å². The van der Waals surface area contributed by atoms with E-state index in [-0.39, 0.29) is 19.1 Å². The third-order valence-corrected chi connectivity index (χ3v) is 6.57. The first-order valence-corrected chi connectivity index (χ1v) is 11.6. The van der Waals surface area contributed by atoms with E-state index >= 15 is 0 Å². The molecule has 1 aliphatic rings. The summed E-state index contributed by atoms with van der Waals surface area (Å²) in [7, 11) is 1.62. The number of methoxy groups -OCH3 is 1. The lowest BCUT2D eigenvalue weighted by atomic mass is 9.88. The monoisotopic (exact) mass is 464 g/mol. The lowest BCUT2D eigenvalue weighted by Gasteiger charge is -2.42. The molecular formula is C26H32N4O4. The van der Waals surface area contributed by atoms with E-state index in [0.29, 0.717) is 32.5 Å². The second kappa shape index (κ2) is 10.9. The SMILES string of the molecule is COc1ccc2nccc(C(O)CN3CCC(CO)(NCC(=O)Nc4ccccc4)CC3)c2c1. The number of likely N-dealkylation sites (tertiary alicyclic amines) is 1. The first-order chi connectivity index (χ1) is 16.5. The maximum Gasteiger partial charge on any atom is 0.238 e. The van der Waals surface area contributed by atoms with E-state index in [4.69, 9.17) is 4.74 Å². The number of fused-ring (bicyclic) bond motifs is 1. The minimum atomic E-state index is -0.677. The van der Waals surface area contributed by atoms with Gasteiger partial charge >= 0.3 is 0 Å². The van der Waals surface area contributed by atoms with Gasteiger partial charge < -0.3 is 30.5 Å². The van der Waals surface area contributed by atoms with Crippen LogP contribution < -0.4 is 15.4 Å². The number of β-amino-alcohol motifs (C(OH)–C–C–N with tert-alkyl or cyclic N) is 1. The van der Waals surface area contributed by atoms with Gasteiger partial charge in [0.15, 0.2) is 0 Å². The summed E-state index contributed by atoms with van der Waals surface area (Å²) in [6.07, 6.45) is 2.40. The van der Waals surface area contributed by atoms with E-state index in [2.05, 4.69) is 20.5 Å². The molecule has 3 aromatic rings. The molecule has 4 N–H and O–H groups in total. The van der Waals surface area contributed by atoms with Crippen molar-refractivity contribution in [3.05, 3.63) is 66.4 Å². The van der Waals surface area contributed by atoms with E-state index in [0.717, 1.165) is 27.9 Å². The summed E-state index contributed by atoms with van der Waals surface area (Å²) < 4.78 is 5.34. The van der Waals surface area contributed by atoms with Gasteiger partial charge in [0.1, 0.15) is 5.75 Å². The number of aliphatic hydroxyl groups is 2. The van der Waals surface area contributed by atoms with Gasteiger partial charge in [0.25, 0.3) is 0 Å². The van der Waals surface area contributed by atoms with Gasteiger partial charge in [-0.15, -0.1) is 0 Å². The van der Waals surface area contributed by atoms with Crippen LogP contribution in [0.15, 0.2) is 60.8 Å². The van der Waals surface area contributed by atoms with Crippen LogP contribution in [0.5, 0.6) is 5.75 Å². The fourth-order valence-corrected chi connectivity index (χ4v) is 4.46. The number of hydrogen-bond acceptors (Lipinski definition) is 7. The van der Waals surface area contributed by atoms with Crippen LogP contribution in [0, 0.1) is 0 Å². The molecule has 1 saturated heterocycles. The Morgan fingerprint density at radius 2 is 1.94 bits per heavy atom. The zero-order valence-corrected chi connectivity index (χ0v) is 19.4. The molecule has 1 fully saturated rings. The lowest BCUT2D eigenvalue weighted by Crippen LogP contribution is -2.57. The second-order valence-corrected chi connectivity index (χ2v) is 8.81. The molecule has 4 rings (SSSR count). The number of para-hydroxylation sites is 1. The van der Waals surface area contributed by atoms with Crippen LogP contribution in [0.2, 0.25) is 0 Å². The van der Waals surface area contributed by atoms with Gasteiger partial charge in [-0.25, -0.2) is 0 Å². The number of nitrogens with one attached hydrogen (secondary N) is 2. The van der Waals surface area contributed by atoms with Crippen molar-refractivity contribution in [1.29, 1.82) is 0 Å². The molecule has 8 nitrogen and oxygen atoms in total. The molecule has 34 heavy (non-hydrogen) atoms. The summed E-state index contributed by atoms with van der Waals surface area (Å²) in [6, 6.07) is 16.8. The molecule has 1 aliphatic heterocycles. The standard InChI is InChI=1S/C26H32N4O4/c1-34-20-7-8-23-22(15-20)21(9-12-27-23)24(32)17-30-13-10-26(18-31,11-14-30)28-16-25(33)29-19-5-3-2-4-6-19/h2-9,12,15,24,28,31-32H,10-11,13-14,16-18H2,1H3,(H,29,33). The number of pyridine rings is 1. The number of aromatic nitrogens is 1. The van der Waals surface area contributed by atoms with Gasteiger partial charge in [0.05, 0.1) is 31.9 Å². The summed E-state index contributed by atoms with van der Waals surface area (Å²) in [5.74, 6) is 0.582. The highest BCUT2D eigenvalue weighted by Gasteiger charge is 2.34. The molecule has 0 spiro atoms. The first kappa shape index (κ1) is 24.1. The van der Waals surface area contributed by atoms with Crippen LogP contribution in [0.25, 0.3) is 10.9 Å². The second-order valence-electron chi connectivity index (χ2n) is 8.81. The molecular weight excluding hydrogens is 432 g/mol. The van der Waals surface area contributed by atoms with Crippen molar-refractivity contribution in [3.63, 3.8) is 0 Å². The molecule has 2 heterocycles. The van der Waals surface area contributed by atoms with E-state index in [1.54, 1.807) is 13.3 Å². The van der Waals surface area contributed by atoms with Crippen molar-refractivity contribution < 1.29 is 19.7 Å². The lowest BCUT2D eigenvalue weighted by molar-refractivity contribution is -0.116. The highest BCUT2D eigenvalue weighted by molar-refractivity contribution is 5.92. The van der Waals surface area contributed by atoms with Crippen molar-refractivity contribution in [2.75, 3.05) is 45.2 Å². The fourth-order valence-electron chi connectivity index (χ4n) is 4.46. The third kappa shape index (κ3) is 5.71. The highest BCUT2D eigenvalue weighted by Crippen LogP contribution is 2.29. The van der Waals surface area contributed by atoms with Crippen molar-refractivity contribution in [2.45, 2.75) is 24.5 Å². The number of rotatable bonds is 9. The first-order valence-electron chi connectivity index (χ1n) is 11.6. The minimum Gasteiger partial charge on any atom is -0.497 e. The molecule has 0 saturated carbocycles. The molecule has 1 amide bonds. The largest absolute Gasteiger partial charge is 0.497 e. The Balaban J connectivity index is 1.33. The number of ether oxygens (including phenoxy) is 1. The van der Waals surface area contributed by atoms with Gasteiger partial charge in [-0.05, 0) is 54.8 Å². The molecule has 1 atom stereocenters. The molecule has 1 unspecified atom stereocenters. The minimum absolute atomic E-state index is 0.0448. The number of nitrogens with zero attached hydrogens (tertiary/aromatic N) is 2. The molecule has 2 aromatic carbocycles. The number of hydrogen-bond donors (Lipinski definition) is 4. The topological polar surface area (TPSA) is 107 Å². The van der Waals surface area contributed by atoms with E-state index in [1.807, 2.05) is 54.6 Å². The van der Waals surface area contributed by atoms with Crippen LogP contribution in [0.4, 0.5) is 5.69 Å². The molecule has 1 aromatic heterocycles. The number of amides is 1. The van der Waals surface area contributed by atoms with E-state index in [9.17, 15) is 15.0 Å². The number of carbonyl (C=O) groups excluding carboxylic acids is 1. The summed E-state index contributed by atoms with van der Waals surface area (Å²) in [5, 5.41) is 28.1. The summed E-state index contributed by atoms with van der Waals surface area (Å²) in [6.45, 7) is 1.97. The van der Waals surface area contributed by atoms with Crippen molar-refractivity contribution in [2.24, 2.45) is 0 Å². The maximum atomic E-state index is 12.3. The Morgan fingerprint density at radius 1 is 1.18 bits per heavy atom. The Hall–Kier alpha value is -3.04. The summed E-state index contributed by atoms with van der Waals surface area (Å²) >= 11 is 0. The third-order valence-electron chi connectivity index (χ3n) is 6.57. The molecule has 180 valence electrons. The average Bonchev–Trinajstić information content (AvgIpc) is 2.88. The molecule has 0 aliphatic carbocycles. The fraction of sp³-hybridized carbons (Fsp3) is 0.385.